The number of carbonyl (C=O) groups excluding carboxylic acids is 2. The highest BCUT2D eigenvalue weighted by molar-refractivity contribution is 5.89. The summed E-state index contributed by atoms with van der Waals surface area (Å²) in [6.07, 6.45) is 4.38. The van der Waals surface area contributed by atoms with Crippen LogP contribution in [0, 0.1) is 5.92 Å². The Labute approximate surface area is 135 Å². The minimum atomic E-state index is -0.224. The molecule has 23 heavy (non-hydrogen) atoms. The highest BCUT2D eigenvalue weighted by Crippen LogP contribution is 2.40. The van der Waals surface area contributed by atoms with Gasteiger partial charge in [-0.25, -0.2) is 0 Å². The Bertz CT molecular complexity index is 625. The van der Waals surface area contributed by atoms with Crippen LogP contribution in [0.4, 0.5) is 0 Å². The number of rotatable bonds is 4. The van der Waals surface area contributed by atoms with Crippen molar-refractivity contribution in [2.24, 2.45) is 5.92 Å². The molecular weight excluding hydrogens is 296 g/mol. The van der Waals surface area contributed by atoms with Gasteiger partial charge in [-0.1, -0.05) is 5.16 Å². The van der Waals surface area contributed by atoms with E-state index in [0.717, 1.165) is 25.7 Å². The van der Waals surface area contributed by atoms with Crippen molar-refractivity contribution in [1.29, 1.82) is 0 Å². The summed E-state index contributed by atoms with van der Waals surface area (Å²) in [6.45, 7) is 3.87. The molecule has 1 aliphatic carbocycles. The van der Waals surface area contributed by atoms with Gasteiger partial charge in [0.05, 0.1) is 12.0 Å². The molecule has 0 radical (unpaired) electrons. The van der Waals surface area contributed by atoms with E-state index in [1.807, 2.05) is 11.8 Å². The van der Waals surface area contributed by atoms with Gasteiger partial charge in [0.2, 0.25) is 17.7 Å². The maximum atomic E-state index is 12.9. The minimum Gasteiger partial charge on any atom is -0.342 e. The van der Waals surface area contributed by atoms with Crippen molar-refractivity contribution >= 4 is 11.8 Å². The zero-order valence-electron chi connectivity index (χ0n) is 13.4. The number of carbonyl (C=O) groups is 2. The molecule has 0 aromatic carbocycles. The highest BCUT2D eigenvalue weighted by atomic mass is 16.5. The second kappa shape index (κ2) is 5.62. The van der Waals surface area contributed by atoms with Crippen LogP contribution < -0.4 is 0 Å². The van der Waals surface area contributed by atoms with Crippen molar-refractivity contribution in [3.8, 4) is 0 Å². The first-order chi connectivity index (χ1) is 11.2. The molecule has 0 unspecified atom stereocenters. The number of nitrogens with zero attached hydrogens (tertiary/aromatic N) is 4. The van der Waals surface area contributed by atoms with Gasteiger partial charge >= 0.3 is 0 Å². The van der Waals surface area contributed by atoms with E-state index in [4.69, 9.17) is 4.52 Å². The largest absolute Gasteiger partial charge is 0.342 e. The SMILES string of the molecule is CCN1C[C@H](C(=O)N2CCC[C@H]2c2noc(C3CC3)n2)CC1=O. The number of aromatic nitrogens is 2. The average Bonchev–Trinajstić information content (AvgIpc) is 2.99. The van der Waals surface area contributed by atoms with Crippen LogP contribution in [0.15, 0.2) is 4.52 Å². The Balaban J connectivity index is 1.48. The molecule has 3 fully saturated rings. The third-order valence-corrected chi connectivity index (χ3v) is 5.16. The number of hydrogen-bond acceptors (Lipinski definition) is 5. The molecule has 124 valence electrons. The molecule has 1 saturated carbocycles. The molecule has 3 aliphatic rings. The van der Waals surface area contributed by atoms with Crippen molar-refractivity contribution < 1.29 is 14.1 Å². The van der Waals surface area contributed by atoms with Crippen LogP contribution in [0.5, 0.6) is 0 Å². The van der Waals surface area contributed by atoms with Gasteiger partial charge < -0.3 is 14.3 Å². The average molecular weight is 318 g/mol. The van der Waals surface area contributed by atoms with Gasteiger partial charge in [-0.15, -0.1) is 0 Å². The molecule has 2 amide bonds. The molecule has 7 heteroatoms. The normalized spacial score (nSPS) is 28.0. The van der Waals surface area contributed by atoms with Crippen LogP contribution in [-0.2, 0) is 9.59 Å². The molecule has 1 aromatic rings. The third-order valence-electron chi connectivity index (χ3n) is 5.16. The predicted octanol–water partition coefficient (Wildman–Crippen LogP) is 1.48. The number of likely N-dealkylation sites (tertiary alicyclic amines) is 2. The van der Waals surface area contributed by atoms with Crippen LogP contribution in [0.25, 0.3) is 0 Å². The molecular formula is C16H22N4O3. The number of hydrogen-bond donors (Lipinski definition) is 0. The first-order valence-corrected chi connectivity index (χ1v) is 8.59. The van der Waals surface area contributed by atoms with Crippen molar-refractivity contribution in [3.63, 3.8) is 0 Å². The Hall–Kier alpha value is -1.92. The summed E-state index contributed by atoms with van der Waals surface area (Å²) >= 11 is 0. The van der Waals surface area contributed by atoms with Crippen LogP contribution >= 0.6 is 0 Å². The van der Waals surface area contributed by atoms with Crippen molar-refractivity contribution in [2.45, 2.75) is 51.0 Å². The van der Waals surface area contributed by atoms with Gasteiger partial charge in [0.15, 0.2) is 5.82 Å². The monoisotopic (exact) mass is 318 g/mol. The lowest BCUT2D eigenvalue weighted by molar-refractivity contribution is -0.136. The fraction of sp³-hybridized carbons (Fsp3) is 0.750. The van der Waals surface area contributed by atoms with Crippen molar-refractivity contribution in [3.05, 3.63) is 11.7 Å². The fourth-order valence-electron chi connectivity index (χ4n) is 3.66. The van der Waals surface area contributed by atoms with Crippen LogP contribution in [0.3, 0.4) is 0 Å². The summed E-state index contributed by atoms with van der Waals surface area (Å²) < 4.78 is 5.34. The van der Waals surface area contributed by atoms with E-state index in [2.05, 4.69) is 10.1 Å². The van der Waals surface area contributed by atoms with E-state index in [1.54, 1.807) is 4.90 Å². The third kappa shape index (κ3) is 2.62. The van der Waals surface area contributed by atoms with E-state index in [9.17, 15) is 9.59 Å². The molecule has 2 atom stereocenters. The zero-order chi connectivity index (χ0) is 16.0. The predicted molar refractivity (Wildman–Crippen MR) is 80.3 cm³/mol. The lowest BCUT2D eigenvalue weighted by Crippen LogP contribution is -2.37. The summed E-state index contributed by atoms with van der Waals surface area (Å²) in [5.41, 5.74) is 0. The quantitative estimate of drug-likeness (QED) is 0.840. The van der Waals surface area contributed by atoms with Gasteiger partial charge in [0, 0.05) is 32.0 Å². The Kier molecular flexibility index (Phi) is 3.58. The van der Waals surface area contributed by atoms with E-state index in [-0.39, 0.29) is 23.8 Å². The van der Waals surface area contributed by atoms with E-state index >= 15 is 0 Å². The molecule has 2 saturated heterocycles. The van der Waals surface area contributed by atoms with Crippen LogP contribution in [0.1, 0.15) is 62.7 Å². The van der Waals surface area contributed by atoms with Gasteiger partial charge in [-0.3, -0.25) is 9.59 Å². The van der Waals surface area contributed by atoms with E-state index in [0.29, 0.717) is 43.7 Å². The topological polar surface area (TPSA) is 79.5 Å². The van der Waals surface area contributed by atoms with Gasteiger partial charge in [-0.2, -0.15) is 4.98 Å². The Morgan fingerprint density at radius 2 is 2.17 bits per heavy atom. The first-order valence-electron chi connectivity index (χ1n) is 8.59. The Morgan fingerprint density at radius 3 is 2.87 bits per heavy atom. The smallest absolute Gasteiger partial charge is 0.229 e. The molecule has 0 spiro atoms. The van der Waals surface area contributed by atoms with Crippen molar-refractivity contribution in [1.82, 2.24) is 19.9 Å². The van der Waals surface area contributed by atoms with E-state index < -0.39 is 0 Å². The Morgan fingerprint density at radius 1 is 1.35 bits per heavy atom. The van der Waals surface area contributed by atoms with E-state index in [1.165, 1.54) is 0 Å². The number of amides is 2. The molecule has 7 nitrogen and oxygen atoms in total. The lowest BCUT2D eigenvalue weighted by atomic mass is 10.1. The molecule has 1 aromatic heterocycles. The van der Waals surface area contributed by atoms with Crippen molar-refractivity contribution in [2.75, 3.05) is 19.6 Å². The zero-order valence-corrected chi connectivity index (χ0v) is 13.4. The maximum Gasteiger partial charge on any atom is 0.229 e. The molecule has 3 heterocycles. The second-order valence-corrected chi connectivity index (χ2v) is 6.79. The molecule has 2 aliphatic heterocycles. The molecule has 0 N–H and O–H groups in total. The summed E-state index contributed by atoms with van der Waals surface area (Å²) in [6, 6.07) is -0.0930. The minimum absolute atomic E-state index is 0.0644. The lowest BCUT2D eigenvalue weighted by Gasteiger charge is -2.25. The van der Waals surface area contributed by atoms with Crippen LogP contribution in [0.2, 0.25) is 0 Å². The fourth-order valence-corrected chi connectivity index (χ4v) is 3.66. The summed E-state index contributed by atoms with van der Waals surface area (Å²) in [5, 5.41) is 4.11. The first kappa shape index (κ1) is 14.7. The highest BCUT2D eigenvalue weighted by Gasteiger charge is 2.41. The summed E-state index contributed by atoms with van der Waals surface area (Å²) in [5.74, 6) is 1.69. The summed E-state index contributed by atoms with van der Waals surface area (Å²) in [7, 11) is 0. The van der Waals surface area contributed by atoms with Crippen LogP contribution in [-0.4, -0.2) is 51.4 Å². The van der Waals surface area contributed by atoms with Gasteiger partial charge in [0.1, 0.15) is 0 Å². The maximum absolute atomic E-state index is 12.9. The van der Waals surface area contributed by atoms with Gasteiger partial charge in [0.25, 0.3) is 0 Å². The van der Waals surface area contributed by atoms with Gasteiger partial charge in [-0.05, 0) is 32.6 Å². The molecule has 4 rings (SSSR count). The molecule has 0 bridgehead atoms. The second-order valence-electron chi connectivity index (χ2n) is 6.79. The summed E-state index contributed by atoms with van der Waals surface area (Å²) in [4.78, 5) is 32.9. The standard InChI is InChI=1S/C16H22N4O3/c1-2-19-9-11(8-13(19)21)16(22)20-7-3-4-12(20)14-17-15(23-18-14)10-5-6-10/h10-12H,2-9H2,1H3/t11-,12+/m1/s1.